The van der Waals surface area contributed by atoms with Gasteiger partial charge in [0.05, 0.1) is 0 Å². The number of hydrogen-bond acceptors (Lipinski definition) is 2. The van der Waals surface area contributed by atoms with E-state index in [1.165, 1.54) is 17.5 Å². The standard InChI is InChI=1S/C20H34N4/c1-16(2)23(6)14-18-10-8-7-9-17(18)13-22-19(21-5)24-12-11-20(3,4)15-24/h7-10,16H,11-15H2,1-6H3,(H,21,22). The van der Waals surface area contributed by atoms with Gasteiger partial charge in [-0.2, -0.15) is 0 Å². The average molecular weight is 331 g/mol. The Balaban J connectivity index is 2.01. The third-order valence-electron chi connectivity index (χ3n) is 5.05. The molecule has 4 nitrogen and oxygen atoms in total. The lowest BCUT2D eigenvalue weighted by Crippen LogP contribution is -2.40. The van der Waals surface area contributed by atoms with Crippen LogP contribution in [0.15, 0.2) is 29.3 Å². The minimum absolute atomic E-state index is 0.384. The number of hydrogen-bond donors (Lipinski definition) is 1. The minimum atomic E-state index is 0.384. The number of nitrogens with zero attached hydrogens (tertiary/aromatic N) is 3. The Morgan fingerprint density at radius 1 is 1.29 bits per heavy atom. The highest BCUT2D eigenvalue weighted by atomic mass is 15.3. The van der Waals surface area contributed by atoms with Gasteiger partial charge >= 0.3 is 0 Å². The molecule has 1 fully saturated rings. The van der Waals surface area contributed by atoms with Crippen LogP contribution in [0.2, 0.25) is 0 Å². The highest BCUT2D eigenvalue weighted by Gasteiger charge is 2.30. The lowest BCUT2D eigenvalue weighted by atomic mass is 9.93. The molecule has 0 bridgehead atoms. The first kappa shape index (κ1) is 18.8. The number of benzene rings is 1. The first-order valence-electron chi connectivity index (χ1n) is 9.05. The van der Waals surface area contributed by atoms with E-state index < -0.39 is 0 Å². The SMILES string of the molecule is CN=C(NCc1ccccc1CN(C)C(C)C)N1CCC(C)(C)C1. The summed E-state index contributed by atoms with van der Waals surface area (Å²) < 4.78 is 0. The smallest absolute Gasteiger partial charge is 0.193 e. The summed E-state index contributed by atoms with van der Waals surface area (Å²) in [4.78, 5) is 9.24. The molecular formula is C20H34N4. The zero-order chi connectivity index (χ0) is 17.7. The second-order valence-corrected chi connectivity index (χ2v) is 8.01. The van der Waals surface area contributed by atoms with E-state index in [9.17, 15) is 0 Å². The van der Waals surface area contributed by atoms with Crippen molar-refractivity contribution >= 4 is 5.96 Å². The molecule has 134 valence electrons. The normalized spacial score (nSPS) is 17.8. The summed E-state index contributed by atoms with van der Waals surface area (Å²) in [6.07, 6.45) is 1.23. The maximum Gasteiger partial charge on any atom is 0.193 e. The Morgan fingerprint density at radius 3 is 2.50 bits per heavy atom. The molecule has 0 atom stereocenters. The van der Waals surface area contributed by atoms with Crippen LogP contribution >= 0.6 is 0 Å². The molecule has 0 aromatic heterocycles. The Morgan fingerprint density at radius 2 is 1.96 bits per heavy atom. The third kappa shape index (κ3) is 4.97. The Bertz CT molecular complexity index is 563. The molecule has 0 spiro atoms. The molecule has 1 N–H and O–H groups in total. The van der Waals surface area contributed by atoms with Gasteiger partial charge in [-0.15, -0.1) is 0 Å². The van der Waals surface area contributed by atoms with E-state index in [2.05, 4.69) is 79.1 Å². The molecule has 2 rings (SSSR count). The van der Waals surface area contributed by atoms with E-state index in [-0.39, 0.29) is 0 Å². The van der Waals surface area contributed by atoms with Crippen LogP contribution in [0.5, 0.6) is 0 Å². The first-order chi connectivity index (χ1) is 11.3. The molecule has 0 unspecified atom stereocenters. The van der Waals surface area contributed by atoms with E-state index in [0.29, 0.717) is 11.5 Å². The van der Waals surface area contributed by atoms with Crippen molar-refractivity contribution < 1.29 is 0 Å². The average Bonchev–Trinajstić information content (AvgIpc) is 2.89. The number of likely N-dealkylation sites (tertiary alicyclic amines) is 1. The fourth-order valence-electron chi connectivity index (χ4n) is 3.14. The van der Waals surface area contributed by atoms with Crippen molar-refractivity contribution in [2.24, 2.45) is 10.4 Å². The zero-order valence-corrected chi connectivity index (χ0v) is 16.3. The number of aliphatic imine (C=N–C) groups is 1. The predicted molar refractivity (Wildman–Crippen MR) is 103 cm³/mol. The van der Waals surface area contributed by atoms with E-state index in [0.717, 1.165) is 32.1 Å². The van der Waals surface area contributed by atoms with Crippen LogP contribution in [-0.2, 0) is 13.1 Å². The van der Waals surface area contributed by atoms with Crippen LogP contribution in [0, 0.1) is 5.41 Å². The lowest BCUT2D eigenvalue weighted by Gasteiger charge is -2.25. The van der Waals surface area contributed by atoms with Crippen molar-refractivity contribution in [2.75, 3.05) is 27.2 Å². The van der Waals surface area contributed by atoms with Gasteiger partial charge in [0.25, 0.3) is 0 Å². The van der Waals surface area contributed by atoms with Crippen molar-refractivity contribution in [3.8, 4) is 0 Å². The summed E-state index contributed by atoms with van der Waals surface area (Å²) in [5.74, 6) is 1.02. The summed E-state index contributed by atoms with van der Waals surface area (Å²) in [7, 11) is 4.06. The lowest BCUT2D eigenvalue weighted by molar-refractivity contribution is 0.265. The second kappa shape index (κ2) is 8.02. The van der Waals surface area contributed by atoms with Gasteiger partial charge in [0.2, 0.25) is 0 Å². The van der Waals surface area contributed by atoms with Gasteiger partial charge in [0.15, 0.2) is 5.96 Å². The molecule has 1 aliphatic rings. The highest BCUT2D eigenvalue weighted by molar-refractivity contribution is 5.80. The minimum Gasteiger partial charge on any atom is -0.352 e. The molecule has 0 aliphatic carbocycles. The predicted octanol–water partition coefficient (Wildman–Crippen LogP) is 3.33. The molecule has 1 aromatic carbocycles. The summed E-state index contributed by atoms with van der Waals surface area (Å²) >= 11 is 0. The van der Waals surface area contributed by atoms with E-state index in [1.54, 1.807) is 0 Å². The summed E-state index contributed by atoms with van der Waals surface area (Å²) in [5, 5.41) is 3.57. The van der Waals surface area contributed by atoms with Gasteiger partial charge in [-0.25, -0.2) is 0 Å². The van der Waals surface area contributed by atoms with E-state index in [1.807, 2.05) is 7.05 Å². The van der Waals surface area contributed by atoms with Gasteiger partial charge in [0, 0.05) is 39.3 Å². The number of nitrogens with one attached hydrogen (secondary N) is 1. The fraction of sp³-hybridized carbons (Fsp3) is 0.650. The molecule has 24 heavy (non-hydrogen) atoms. The Hall–Kier alpha value is -1.55. The summed E-state index contributed by atoms with van der Waals surface area (Å²) in [6, 6.07) is 9.25. The van der Waals surface area contributed by atoms with E-state index in [4.69, 9.17) is 0 Å². The Kier molecular flexibility index (Phi) is 6.27. The van der Waals surface area contributed by atoms with Crippen molar-refractivity contribution in [1.29, 1.82) is 0 Å². The topological polar surface area (TPSA) is 30.9 Å². The van der Waals surface area contributed by atoms with Crippen LogP contribution in [-0.4, -0.2) is 49.0 Å². The molecule has 0 radical (unpaired) electrons. The first-order valence-corrected chi connectivity index (χ1v) is 9.05. The van der Waals surface area contributed by atoms with Crippen LogP contribution in [0.25, 0.3) is 0 Å². The molecule has 1 saturated heterocycles. The number of guanidine groups is 1. The molecule has 1 aromatic rings. The fourth-order valence-corrected chi connectivity index (χ4v) is 3.14. The van der Waals surface area contributed by atoms with Gasteiger partial charge in [-0.3, -0.25) is 9.89 Å². The van der Waals surface area contributed by atoms with E-state index >= 15 is 0 Å². The van der Waals surface area contributed by atoms with Crippen LogP contribution in [0.3, 0.4) is 0 Å². The van der Waals surface area contributed by atoms with Gasteiger partial charge in [0.1, 0.15) is 0 Å². The largest absolute Gasteiger partial charge is 0.352 e. The van der Waals surface area contributed by atoms with Crippen molar-refractivity contribution in [3.63, 3.8) is 0 Å². The van der Waals surface area contributed by atoms with Crippen LogP contribution < -0.4 is 5.32 Å². The van der Waals surface area contributed by atoms with Gasteiger partial charge in [-0.05, 0) is 43.9 Å². The molecule has 1 aliphatic heterocycles. The van der Waals surface area contributed by atoms with Gasteiger partial charge in [-0.1, -0.05) is 38.1 Å². The molecule has 0 amide bonds. The number of rotatable bonds is 5. The third-order valence-corrected chi connectivity index (χ3v) is 5.05. The summed E-state index contributed by atoms with van der Waals surface area (Å²) in [5.41, 5.74) is 3.12. The summed E-state index contributed by atoms with van der Waals surface area (Å²) in [6.45, 7) is 13.1. The zero-order valence-electron chi connectivity index (χ0n) is 16.3. The van der Waals surface area contributed by atoms with Crippen molar-refractivity contribution in [1.82, 2.24) is 15.1 Å². The van der Waals surface area contributed by atoms with Crippen molar-refractivity contribution in [2.45, 2.75) is 53.2 Å². The molecule has 0 saturated carbocycles. The monoisotopic (exact) mass is 330 g/mol. The van der Waals surface area contributed by atoms with Crippen LogP contribution in [0.4, 0.5) is 0 Å². The second-order valence-electron chi connectivity index (χ2n) is 8.01. The molecular weight excluding hydrogens is 296 g/mol. The van der Waals surface area contributed by atoms with Gasteiger partial charge < -0.3 is 10.2 Å². The molecule has 4 heteroatoms. The Labute approximate surface area is 147 Å². The molecule has 1 heterocycles. The quantitative estimate of drug-likeness (QED) is 0.663. The highest BCUT2D eigenvalue weighted by Crippen LogP contribution is 2.28. The van der Waals surface area contributed by atoms with Crippen LogP contribution in [0.1, 0.15) is 45.2 Å². The maximum absolute atomic E-state index is 4.49. The van der Waals surface area contributed by atoms with Crippen molar-refractivity contribution in [3.05, 3.63) is 35.4 Å². The maximum atomic E-state index is 4.49.